The smallest absolute Gasteiger partial charge is 0.205 e. The molecule has 0 nitrogen and oxygen atoms in total. The summed E-state index contributed by atoms with van der Waals surface area (Å²) in [4.78, 5) is 0. The Morgan fingerprint density at radius 1 is 1.62 bits per heavy atom. The van der Waals surface area contributed by atoms with Gasteiger partial charge in [-0.15, -0.1) is 0 Å². The molecule has 0 bridgehead atoms. The third-order valence-corrected chi connectivity index (χ3v) is 0.870. The van der Waals surface area contributed by atoms with Crippen LogP contribution in [0.3, 0.4) is 0 Å². The molecular formula is C6H10F2. The lowest BCUT2D eigenvalue weighted by atomic mass is 10.3. The van der Waals surface area contributed by atoms with Crippen molar-refractivity contribution in [2.45, 2.75) is 26.7 Å². The monoisotopic (exact) mass is 120 g/mol. The van der Waals surface area contributed by atoms with E-state index < -0.39 is 6.43 Å². The van der Waals surface area contributed by atoms with Crippen LogP contribution >= 0.6 is 0 Å². The maximum Gasteiger partial charge on any atom is 0.259 e. The van der Waals surface area contributed by atoms with Gasteiger partial charge in [0.05, 0.1) is 0 Å². The van der Waals surface area contributed by atoms with Crippen molar-refractivity contribution in [3.8, 4) is 0 Å². The molecule has 8 heavy (non-hydrogen) atoms. The molecule has 0 saturated heterocycles. The Kier molecular flexibility index (Phi) is 3.40. The topological polar surface area (TPSA) is 0 Å². The van der Waals surface area contributed by atoms with Gasteiger partial charge in [0.25, 0.3) is 6.43 Å². The van der Waals surface area contributed by atoms with Crippen molar-refractivity contribution in [2.75, 3.05) is 0 Å². The largest absolute Gasteiger partial charge is 0.259 e. The Labute approximate surface area is 48.2 Å². The fourth-order valence-corrected chi connectivity index (χ4v) is 0.411. The standard InChI is InChI=1S/C6H10F2/c1-3-4-5(2)6(7)8/h4,6H,3H2,1-2H3/b5-4+. The van der Waals surface area contributed by atoms with Crippen LogP contribution in [0.2, 0.25) is 0 Å². The molecule has 0 amide bonds. The summed E-state index contributed by atoms with van der Waals surface area (Å²) in [6, 6.07) is 0. The second kappa shape index (κ2) is 3.58. The van der Waals surface area contributed by atoms with Gasteiger partial charge in [0.15, 0.2) is 0 Å². The van der Waals surface area contributed by atoms with Crippen LogP contribution in [0.15, 0.2) is 11.6 Å². The van der Waals surface area contributed by atoms with Crippen molar-refractivity contribution in [3.63, 3.8) is 0 Å². The number of alkyl halides is 2. The van der Waals surface area contributed by atoms with Crippen molar-refractivity contribution >= 4 is 0 Å². The second-order valence-electron chi connectivity index (χ2n) is 1.66. The molecule has 0 fully saturated rings. The summed E-state index contributed by atoms with van der Waals surface area (Å²) in [5, 5.41) is 0. The molecule has 0 aromatic rings. The number of allylic oxidation sites excluding steroid dienone is 2. The first-order chi connectivity index (χ1) is 3.68. The minimum absolute atomic E-state index is 0.174. The highest BCUT2D eigenvalue weighted by Gasteiger charge is 2.01. The van der Waals surface area contributed by atoms with E-state index in [9.17, 15) is 8.78 Å². The second-order valence-corrected chi connectivity index (χ2v) is 1.66. The number of hydrogen-bond donors (Lipinski definition) is 0. The molecule has 0 aliphatic carbocycles. The molecule has 0 spiro atoms. The van der Waals surface area contributed by atoms with E-state index in [0.29, 0.717) is 6.42 Å². The van der Waals surface area contributed by atoms with Crippen molar-refractivity contribution in [1.29, 1.82) is 0 Å². The Morgan fingerprint density at radius 2 is 2.12 bits per heavy atom. The van der Waals surface area contributed by atoms with Gasteiger partial charge >= 0.3 is 0 Å². The number of halogens is 2. The van der Waals surface area contributed by atoms with Crippen LogP contribution in [0.4, 0.5) is 8.78 Å². The SMILES string of the molecule is CC/C=C(\C)C(F)F. The molecule has 0 aliphatic rings. The highest BCUT2D eigenvalue weighted by Crippen LogP contribution is 2.06. The van der Waals surface area contributed by atoms with Crippen molar-refractivity contribution in [1.82, 2.24) is 0 Å². The Balaban J connectivity index is 3.61. The van der Waals surface area contributed by atoms with E-state index in [4.69, 9.17) is 0 Å². The maximum atomic E-state index is 11.5. The Hall–Kier alpha value is -0.400. The minimum Gasteiger partial charge on any atom is -0.205 e. The summed E-state index contributed by atoms with van der Waals surface area (Å²) in [6.07, 6.45) is -0.0455. The van der Waals surface area contributed by atoms with Gasteiger partial charge in [0.2, 0.25) is 0 Å². The Morgan fingerprint density at radius 3 is 2.25 bits per heavy atom. The minimum atomic E-state index is -2.27. The summed E-state index contributed by atoms with van der Waals surface area (Å²) in [5.41, 5.74) is 0.174. The quantitative estimate of drug-likeness (QED) is 0.491. The van der Waals surface area contributed by atoms with Crippen LogP contribution in [0.25, 0.3) is 0 Å². The van der Waals surface area contributed by atoms with Crippen LogP contribution in [-0.2, 0) is 0 Å². The summed E-state index contributed by atoms with van der Waals surface area (Å²) in [7, 11) is 0. The van der Waals surface area contributed by atoms with Crippen LogP contribution in [0.5, 0.6) is 0 Å². The molecule has 0 unspecified atom stereocenters. The molecule has 48 valence electrons. The van der Waals surface area contributed by atoms with E-state index in [1.807, 2.05) is 6.92 Å². The number of rotatable bonds is 2. The average molecular weight is 120 g/mol. The van der Waals surface area contributed by atoms with Gasteiger partial charge in [-0.25, -0.2) is 8.78 Å². The van der Waals surface area contributed by atoms with E-state index in [1.165, 1.54) is 13.0 Å². The summed E-state index contributed by atoms with van der Waals surface area (Å²) < 4.78 is 23.1. The third-order valence-electron chi connectivity index (χ3n) is 0.870. The van der Waals surface area contributed by atoms with Gasteiger partial charge in [-0.1, -0.05) is 13.0 Å². The van der Waals surface area contributed by atoms with Crippen LogP contribution in [0, 0.1) is 0 Å². The molecule has 2 heteroatoms. The van der Waals surface area contributed by atoms with E-state index in [2.05, 4.69) is 0 Å². The lowest BCUT2D eigenvalue weighted by Crippen LogP contribution is -1.90. The molecular weight excluding hydrogens is 110 g/mol. The first-order valence-corrected chi connectivity index (χ1v) is 2.63. The van der Waals surface area contributed by atoms with Crippen LogP contribution in [-0.4, -0.2) is 6.43 Å². The van der Waals surface area contributed by atoms with Gasteiger partial charge in [-0.3, -0.25) is 0 Å². The fourth-order valence-electron chi connectivity index (χ4n) is 0.411. The zero-order valence-electron chi connectivity index (χ0n) is 5.12. The van der Waals surface area contributed by atoms with Gasteiger partial charge in [-0.2, -0.15) is 0 Å². The fraction of sp³-hybridized carbons (Fsp3) is 0.667. The zero-order valence-corrected chi connectivity index (χ0v) is 5.12. The summed E-state index contributed by atoms with van der Waals surface area (Å²) >= 11 is 0. The molecule has 0 saturated carbocycles. The molecule has 0 aromatic carbocycles. The predicted molar refractivity (Wildman–Crippen MR) is 30.1 cm³/mol. The zero-order chi connectivity index (χ0) is 6.57. The third kappa shape index (κ3) is 2.72. The van der Waals surface area contributed by atoms with E-state index in [-0.39, 0.29) is 5.57 Å². The molecule has 0 heterocycles. The molecule has 0 radical (unpaired) electrons. The van der Waals surface area contributed by atoms with Crippen molar-refractivity contribution in [2.24, 2.45) is 0 Å². The van der Waals surface area contributed by atoms with E-state index in [0.717, 1.165) is 0 Å². The average Bonchev–Trinajstić information content (AvgIpc) is 1.67. The van der Waals surface area contributed by atoms with Gasteiger partial charge in [0.1, 0.15) is 0 Å². The van der Waals surface area contributed by atoms with Crippen molar-refractivity contribution in [3.05, 3.63) is 11.6 Å². The predicted octanol–water partition coefficient (Wildman–Crippen LogP) is 2.61. The number of hydrogen-bond acceptors (Lipinski definition) is 0. The van der Waals surface area contributed by atoms with Crippen molar-refractivity contribution < 1.29 is 8.78 Å². The lowest BCUT2D eigenvalue weighted by molar-refractivity contribution is 0.189. The van der Waals surface area contributed by atoms with Crippen LogP contribution < -0.4 is 0 Å². The normalized spacial score (nSPS) is 12.9. The molecule has 0 aromatic heterocycles. The first kappa shape index (κ1) is 7.60. The summed E-state index contributed by atoms with van der Waals surface area (Å²) in [5.74, 6) is 0. The molecule has 0 rings (SSSR count). The summed E-state index contributed by atoms with van der Waals surface area (Å²) in [6.45, 7) is 3.28. The molecule has 0 N–H and O–H groups in total. The molecule has 0 aliphatic heterocycles. The first-order valence-electron chi connectivity index (χ1n) is 2.63. The van der Waals surface area contributed by atoms with Gasteiger partial charge in [-0.05, 0) is 18.9 Å². The lowest BCUT2D eigenvalue weighted by Gasteiger charge is -1.94. The van der Waals surface area contributed by atoms with Gasteiger partial charge < -0.3 is 0 Å². The highest BCUT2D eigenvalue weighted by molar-refractivity contribution is 4.99. The Bertz CT molecular complexity index is 84.5. The van der Waals surface area contributed by atoms with Crippen LogP contribution in [0.1, 0.15) is 20.3 Å². The van der Waals surface area contributed by atoms with Gasteiger partial charge in [0, 0.05) is 0 Å². The van der Waals surface area contributed by atoms with E-state index in [1.54, 1.807) is 0 Å². The molecule has 0 atom stereocenters. The highest BCUT2D eigenvalue weighted by atomic mass is 19.3. The maximum absolute atomic E-state index is 11.5. The van der Waals surface area contributed by atoms with E-state index >= 15 is 0 Å².